The van der Waals surface area contributed by atoms with Crippen molar-refractivity contribution >= 4 is 23.4 Å². The Morgan fingerprint density at radius 2 is 1.83 bits per heavy atom. The molecule has 1 aromatic rings. The van der Waals surface area contributed by atoms with Crippen LogP contribution in [0.4, 0.5) is 0 Å². The average molecular weight is 287 g/mol. The molecule has 1 aliphatic rings. The lowest BCUT2D eigenvalue weighted by Gasteiger charge is -2.23. The first-order valence-corrected chi connectivity index (χ1v) is 8.00. The predicted octanol–water partition coefficient (Wildman–Crippen LogP) is 2.13. The lowest BCUT2D eigenvalue weighted by Crippen LogP contribution is -3.14. The first kappa shape index (κ1) is 14.2. The zero-order valence-electron chi connectivity index (χ0n) is 10.7. The lowest BCUT2D eigenvalue weighted by atomic mass is 10.3. The van der Waals surface area contributed by atoms with Crippen LogP contribution in [0.5, 0.6) is 0 Å². The molecule has 1 aromatic carbocycles. The fourth-order valence-electron chi connectivity index (χ4n) is 2.11. The Kier molecular flexibility index (Phi) is 6.35. The zero-order valence-corrected chi connectivity index (χ0v) is 12.2. The molecule has 2 rings (SSSR count). The number of halogens is 1. The summed E-state index contributed by atoms with van der Waals surface area (Å²) in [6.45, 7) is 5.54. The van der Waals surface area contributed by atoms with E-state index in [1.165, 1.54) is 43.1 Å². The second-order valence-corrected chi connectivity index (χ2v) is 6.23. The van der Waals surface area contributed by atoms with Crippen LogP contribution < -0.4 is 4.90 Å². The van der Waals surface area contributed by atoms with Gasteiger partial charge in [0.05, 0.1) is 19.8 Å². The Bertz CT molecular complexity index is 338. The van der Waals surface area contributed by atoms with E-state index >= 15 is 0 Å². The van der Waals surface area contributed by atoms with Gasteiger partial charge in [-0.15, -0.1) is 11.8 Å². The molecule has 0 aliphatic carbocycles. The summed E-state index contributed by atoms with van der Waals surface area (Å²) in [7, 11) is 0. The van der Waals surface area contributed by atoms with Gasteiger partial charge in [0, 0.05) is 9.92 Å². The van der Waals surface area contributed by atoms with E-state index in [1.54, 1.807) is 4.90 Å². The van der Waals surface area contributed by atoms with Crippen LogP contribution in [-0.4, -0.2) is 38.6 Å². The van der Waals surface area contributed by atoms with Crippen LogP contribution in [0.2, 0.25) is 5.02 Å². The second-order valence-electron chi connectivity index (χ2n) is 4.62. The smallest absolute Gasteiger partial charge is 0.101 e. The first-order valence-electron chi connectivity index (χ1n) is 6.64. The van der Waals surface area contributed by atoms with E-state index < -0.39 is 0 Å². The normalized spacial score (nSPS) is 16.9. The van der Waals surface area contributed by atoms with E-state index in [0.29, 0.717) is 0 Å². The summed E-state index contributed by atoms with van der Waals surface area (Å²) in [4.78, 5) is 3.02. The van der Waals surface area contributed by atoms with Crippen LogP contribution in [0.15, 0.2) is 29.2 Å². The Balaban J connectivity index is 1.54. The topological polar surface area (TPSA) is 13.7 Å². The fourth-order valence-corrected chi connectivity index (χ4v) is 3.15. The standard InChI is InChI=1S/C14H20ClNOS/c15-13-3-5-14(6-4-13)18-12-2-1-7-16-8-10-17-11-9-16/h3-6H,1-2,7-12H2/p+1. The van der Waals surface area contributed by atoms with Crippen molar-refractivity contribution in [3.8, 4) is 0 Å². The van der Waals surface area contributed by atoms with Crippen molar-refractivity contribution in [1.29, 1.82) is 0 Å². The number of benzene rings is 1. The summed E-state index contributed by atoms with van der Waals surface area (Å²) < 4.78 is 5.36. The SMILES string of the molecule is Clc1ccc(SCCCC[NH+]2CCOCC2)cc1. The molecule has 1 aliphatic heterocycles. The largest absolute Gasteiger partial charge is 0.370 e. The van der Waals surface area contributed by atoms with Crippen LogP contribution in [0.3, 0.4) is 0 Å². The number of ether oxygens (including phenoxy) is 1. The van der Waals surface area contributed by atoms with Crippen molar-refractivity contribution < 1.29 is 9.64 Å². The Hall–Kier alpha value is -0.220. The van der Waals surface area contributed by atoms with E-state index in [4.69, 9.17) is 16.3 Å². The molecule has 1 fully saturated rings. The van der Waals surface area contributed by atoms with Gasteiger partial charge in [0.2, 0.25) is 0 Å². The highest BCUT2D eigenvalue weighted by molar-refractivity contribution is 7.99. The van der Waals surface area contributed by atoms with Gasteiger partial charge in [-0.25, -0.2) is 0 Å². The van der Waals surface area contributed by atoms with Crippen LogP contribution in [0, 0.1) is 0 Å². The maximum atomic E-state index is 5.86. The Morgan fingerprint density at radius 3 is 2.56 bits per heavy atom. The van der Waals surface area contributed by atoms with Crippen molar-refractivity contribution in [3.05, 3.63) is 29.3 Å². The van der Waals surface area contributed by atoms with Gasteiger partial charge in [-0.3, -0.25) is 0 Å². The molecular weight excluding hydrogens is 266 g/mol. The van der Waals surface area contributed by atoms with Crippen LogP contribution >= 0.6 is 23.4 Å². The van der Waals surface area contributed by atoms with Crippen LogP contribution in [0.25, 0.3) is 0 Å². The van der Waals surface area contributed by atoms with E-state index in [2.05, 4.69) is 12.1 Å². The molecule has 18 heavy (non-hydrogen) atoms. The molecule has 1 saturated heterocycles. The van der Waals surface area contributed by atoms with Gasteiger partial charge >= 0.3 is 0 Å². The molecule has 0 radical (unpaired) electrons. The average Bonchev–Trinajstić information content (AvgIpc) is 2.42. The monoisotopic (exact) mass is 286 g/mol. The van der Waals surface area contributed by atoms with Crippen LogP contribution in [-0.2, 0) is 4.74 Å². The van der Waals surface area contributed by atoms with Gasteiger partial charge in [0.1, 0.15) is 13.1 Å². The predicted molar refractivity (Wildman–Crippen MR) is 77.8 cm³/mol. The minimum absolute atomic E-state index is 0.815. The minimum atomic E-state index is 0.815. The molecule has 2 nitrogen and oxygen atoms in total. The summed E-state index contributed by atoms with van der Waals surface area (Å²) in [5.74, 6) is 1.20. The number of nitrogens with one attached hydrogen (secondary N) is 1. The molecule has 4 heteroatoms. The molecule has 0 bridgehead atoms. The number of thioether (sulfide) groups is 1. The molecule has 0 aromatic heterocycles. The second kappa shape index (κ2) is 8.05. The molecule has 1 heterocycles. The Labute approximate surface area is 119 Å². The van der Waals surface area contributed by atoms with Crippen molar-refractivity contribution in [1.82, 2.24) is 0 Å². The summed E-state index contributed by atoms with van der Waals surface area (Å²) in [6.07, 6.45) is 2.60. The van der Waals surface area contributed by atoms with Gasteiger partial charge in [0.25, 0.3) is 0 Å². The molecule has 0 spiro atoms. The quantitative estimate of drug-likeness (QED) is 0.636. The highest BCUT2D eigenvalue weighted by Gasteiger charge is 2.12. The number of quaternary nitrogens is 1. The number of hydrogen-bond donors (Lipinski definition) is 1. The summed E-state index contributed by atoms with van der Waals surface area (Å²) >= 11 is 7.78. The van der Waals surface area contributed by atoms with Crippen LogP contribution in [0.1, 0.15) is 12.8 Å². The number of hydrogen-bond acceptors (Lipinski definition) is 2. The van der Waals surface area contributed by atoms with Gasteiger partial charge < -0.3 is 9.64 Å². The van der Waals surface area contributed by atoms with Gasteiger partial charge in [-0.1, -0.05) is 11.6 Å². The van der Waals surface area contributed by atoms with E-state index in [1.807, 2.05) is 23.9 Å². The third-order valence-corrected chi connectivity index (χ3v) is 4.56. The highest BCUT2D eigenvalue weighted by Crippen LogP contribution is 2.21. The van der Waals surface area contributed by atoms with Gasteiger partial charge in [-0.05, 0) is 42.9 Å². The van der Waals surface area contributed by atoms with E-state index in [0.717, 1.165) is 18.2 Å². The van der Waals surface area contributed by atoms with Crippen molar-refractivity contribution in [2.75, 3.05) is 38.6 Å². The zero-order chi connectivity index (χ0) is 12.6. The third-order valence-electron chi connectivity index (χ3n) is 3.21. The molecule has 0 saturated carbocycles. The molecule has 0 unspecified atom stereocenters. The highest BCUT2D eigenvalue weighted by atomic mass is 35.5. The first-order chi connectivity index (χ1) is 8.84. The van der Waals surface area contributed by atoms with Gasteiger partial charge in [0.15, 0.2) is 0 Å². The summed E-state index contributed by atoms with van der Waals surface area (Å²) in [5, 5.41) is 0.815. The summed E-state index contributed by atoms with van der Waals surface area (Å²) in [5.41, 5.74) is 0. The summed E-state index contributed by atoms with van der Waals surface area (Å²) in [6, 6.07) is 8.12. The molecule has 1 N–H and O–H groups in total. The molecule has 100 valence electrons. The van der Waals surface area contributed by atoms with Crippen molar-refractivity contribution in [2.24, 2.45) is 0 Å². The maximum Gasteiger partial charge on any atom is 0.101 e. The third kappa shape index (κ3) is 5.19. The van der Waals surface area contributed by atoms with Crippen molar-refractivity contribution in [2.45, 2.75) is 17.7 Å². The van der Waals surface area contributed by atoms with Gasteiger partial charge in [-0.2, -0.15) is 0 Å². The molecular formula is C14H21ClNOS+. The number of morpholine rings is 1. The Morgan fingerprint density at radius 1 is 1.11 bits per heavy atom. The number of rotatable bonds is 6. The maximum absolute atomic E-state index is 5.86. The minimum Gasteiger partial charge on any atom is -0.370 e. The van der Waals surface area contributed by atoms with E-state index in [9.17, 15) is 0 Å². The van der Waals surface area contributed by atoms with E-state index in [-0.39, 0.29) is 0 Å². The number of unbranched alkanes of at least 4 members (excludes halogenated alkanes) is 1. The molecule has 0 atom stereocenters. The molecule has 0 amide bonds. The lowest BCUT2D eigenvalue weighted by molar-refractivity contribution is -0.908. The fraction of sp³-hybridized carbons (Fsp3) is 0.571. The van der Waals surface area contributed by atoms with Crippen molar-refractivity contribution in [3.63, 3.8) is 0 Å².